The molecule has 0 saturated heterocycles. The summed E-state index contributed by atoms with van der Waals surface area (Å²) in [5.41, 5.74) is 1.03. The van der Waals surface area contributed by atoms with Gasteiger partial charge in [0.05, 0.1) is 5.02 Å². The van der Waals surface area contributed by atoms with Crippen LogP contribution in [0.15, 0.2) is 18.2 Å². The number of benzene rings is 1. The van der Waals surface area contributed by atoms with E-state index in [1.165, 1.54) is 0 Å². The third-order valence-electron chi connectivity index (χ3n) is 2.47. The minimum Gasteiger partial charge on any atom is -0.479 e. The molecule has 18 heavy (non-hydrogen) atoms. The Labute approximate surface area is 112 Å². The van der Waals surface area contributed by atoms with Crippen LogP contribution in [-0.2, 0) is 11.3 Å². The maximum absolute atomic E-state index is 11.0. The molecule has 0 amide bonds. The van der Waals surface area contributed by atoms with Gasteiger partial charge < -0.3 is 15.2 Å². The van der Waals surface area contributed by atoms with Crippen molar-refractivity contribution >= 4 is 17.6 Å². The Hall–Kier alpha value is -1.26. The Morgan fingerprint density at radius 1 is 1.56 bits per heavy atom. The van der Waals surface area contributed by atoms with E-state index in [9.17, 15) is 4.79 Å². The minimum atomic E-state index is -0.966. The summed E-state index contributed by atoms with van der Waals surface area (Å²) in [5, 5.41) is 12.5. The maximum Gasteiger partial charge on any atom is 0.344 e. The average Bonchev–Trinajstić information content (AvgIpc) is 2.31. The zero-order valence-electron chi connectivity index (χ0n) is 10.6. The second-order valence-corrected chi connectivity index (χ2v) is 4.44. The fourth-order valence-electron chi connectivity index (χ4n) is 1.60. The van der Waals surface area contributed by atoms with Crippen molar-refractivity contribution in [3.8, 4) is 5.75 Å². The van der Waals surface area contributed by atoms with E-state index in [2.05, 4.69) is 5.32 Å². The van der Waals surface area contributed by atoms with Crippen LogP contribution >= 0.6 is 11.6 Å². The number of nitrogens with one attached hydrogen (secondary N) is 1. The predicted octanol–water partition coefficient (Wildman–Crippen LogP) is 2.69. The van der Waals surface area contributed by atoms with Gasteiger partial charge in [0.15, 0.2) is 6.10 Å². The van der Waals surface area contributed by atoms with Crippen LogP contribution in [0, 0.1) is 0 Å². The Kier molecular flexibility index (Phi) is 5.95. The van der Waals surface area contributed by atoms with Gasteiger partial charge in [0.25, 0.3) is 0 Å². The van der Waals surface area contributed by atoms with Gasteiger partial charge in [0.2, 0.25) is 0 Å². The van der Waals surface area contributed by atoms with Crippen LogP contribution in [0.2, 0.25) is 5.02 Å². The number of carbonyl (C=O) groups is 1. The Bertz CT molecular complexity index is 409. The molecule has 0 aliphatic heterocycles. The number of hydrogen-bond donors (Lipinski definition) is 2. The second kappa shape index (κ2) is 7.24. The van der Waals surface area contributed by atoms with Crippen molar-refractivity contribution in [3.05, 3.63) is 28.8 Å². The molecule has 0 radical (unpaired) electrons. The fraction of sp³-hybridized carbons (Fsp3) is 0.462. The summed E-state index contributed by atoms with van der Waals surface area (Å²) in [7, 11) is 1.85. The fourth-order valence-corrected chi connectivity index (χ4v) is 1.85. The van der Waals surface area contributed by atoms with Crippen molar-refractivity contribution < 1.29 is 14.6 Å². The van der Waals surface area contributed by atoms with Gasteiger partial charge in [0, 0.05) is 6.54 Å². The average molecular weight is 272 g/mol. The Morgan fingerprint density at radius 2 is 2.28 bits per heavy atom. The summed E-state index contributed by atoms with van der Waals surface area (Å²) in [6.45, 7) is 2.62. The van der Waals surface area contributed by atoms with E-state index in [-0.39, 0.29) is 0 Å². The quantitative estimate of drug-likeness (QED) is 0.801. The van der Waals surface area contributed by atoms with E-state index in [0.29, 0.717) is 23.7 Å². The number of carboxylic acids is 1. The van der Waals surface area contributed by atoms with Gasteiger partial charge in [-0.1, -0.05) is 31.0 Å². The van der Waals surface area contributed by atoms with Gasteiger partial charge >= 0.3 is 5.97 Å². The lowest BCUT2D eigenvalue weighted by Gasteiger charge is -2.15. The van der Waals surface area contributed by atoms with Crippen LogP contribution in [0.1, 0.15) is 25.3 Å². The number of ether oxygens (including phenoxy) is 1. The first-order chi connectivity index (χ1) is 8.58. The molecule has 1 unspecified atom stereocenters. The van der Waals surface area contributed by atoms with Crippen LogP contribution < -0.4 is 10.1 Å². The van der Waals surface area contributed by atoms with Crippen LogP contribution in [-0.4, -0.2) is 24.2 Å². The second-order valence-electron chi connectivity index (χ2n) is 4.03. The number of aliphatic carboxylic acids is 1. The predicted molar refractivity (Wildman–Crippen MR) is 71.2 cm³/mol. The Balaban J connectivity index is 2.80. The van der Waals surface area contributed by atoms with Crippen molar-refractivity contribution in [2.24, 2.45) is 0 Å². The number of rotatable bonds is 7. The third kappa shape index (κ3) is 4.20. The van der Waals surface area contributed by atoms with E-state index in [4.69, 9.17) is 21.4 Å². The van der Waals surface area contributed by atoms with E-state index in [1.54, 1.807) is 12.1 Å². The molecule has 5 heteroatoms. The van der Waals surface area contributed by atoms with Gasteiger partial charge in [-0.05, 0) is 31.2 Å². The molecule has 0 aliphatic rings. The lowest BCUT2D eigenvalue weighted by atomic mass is 10.2. The minimum absolute atomic E-state index is 0.414. The lowest BCUT2D eigenvalue weighted by Crippen LogP contribution is -2.26. The lowest BCUT2D eigenvalue weighted by molar-refractivity contribution is -0.145. The largest absolute Gasteiger partial charge is 0.479 e. The molecular weight excluding hydrogens is 254 g/mol. The van der Waals surface area contributed by atoms with Gasteiger partial charge in [-0.2, -0.15) is 0 Å². The molecule has 1 atom stereocenters. The molecule has 1 rings (SSSR count). The zero-order chi connectivity index (χ0) is 13.5. The van der Waals surface area contributed by atoms with Crippen molar-refractivity contribution in [3.63, 3.8) is 0 Å². The summed E-state index contributed by atoms with van der Waals surface area (Å²) in [6, 6.07) is 5.35. The van der Waals surface area contributed by atoms with Gasteiger partial charge in [-0.15, -0.1) is 0 Å². The van der Waals surface area contributed by atoms with Gasteiger partial charge in [-0.3, -0.25) is 0 Å². The van der Waals surface area contributed by atoms with Gasteiger partial charge in [0.1, 0.15) is 5.75 Å². The first-order valence-electron chi connectivity index (χ1n) is 5.91. The summed E-state index contributed by atoms with van der Waals surface area (Å²) in [6.07, 6.45) is 0.360. The molecule has 0 saturated carbocycles. The molecule has 0 aliphatic carbocycles. The van der Waals surface area contributed by atoms with Crippen LogP contribution in [0.3, 0.4) is 0 Å². The molecular formula is C13H18ClNO3. The highest BCUT2D eigenvalue weighted by atomic mass is 35.5. The van der Waals surface area contributed by atoms with Gasteiger partial charge in [-0.25, -0.2) is 4.79 Å². The molecule has 2 N–H and O–H groups in total. The zero-order valence-corrected chi connectivity index (χ0v) is 11.3. The highest BCUT2D eigenvalue weighted by Crippen LogP contribution is 2.27. The molecule has 1 aromatic rings. The maximum atomic E-state index is 11.0. The van der Waals surface area contributed by atoms with Crippen molar-refractivity contribution in [1.82, 2.24) is 5.32 Å². The smallest absolute Gasteiger partial charge is 0.344 e. The molecule has 100 valence electrons. The summed E-state index contributed by atoms with van der Waals surface area (Å²) in [4.78, 5) is 11.0. The Morgan fingerprint density at radius 3 is 2.78 bits per heavy atom. The first-order valence-corrected chi connectivity index (χ1v) is 6.28. The number of carboxylic acid groups (broad SMARTS) is 1. The number of halogens is 1. The molecule has 1 aromatic carbocycles. The van der Waals surface area contributed by atoms with Crippen LogP contribution in [0.25, 0.3) is 0 Å². The molecule has 4 nitrogen and oxygen atoms in total. The van der Waals surface area contributed by atoms with Crippen molar-refractivity contribution in [2.45, 2.75) is 32.4 Å². The van der Waals surface area contributed by atoms with Crippen LogP contribution in [0.5, 0.6) is 5.75 Å². The topological polar surface area (TPSA) is 58.6 Å². The van der Waals surface area contributed by atoms with E-state index in [1.807, 2.05) is 20.0 Å². The molecule has 0 spiro atoms. The van der Waals surface area contributed by atoms with Crippen molar-refractivity contribution in [1.29, 1.82) is 0 Å². The highest BCUT2D eigenvalue weighted by molar-refractivity contribution is 6.32. The molecule has 0 bridgehead atoms. The molecule has 0 aromatic heterocycles. The molecule has 0 fully saturated rings. The summed E-state index contributed by atoms with van der Waals surface area (Å²) < 4.78 is 5.43. The van der Waals surface area contributed by atoms with Crippen LogP contribution in [0.4, 0.5) is 0 Å². The van der Waals surface area contributed by atoms with E-state index >= 15 is 0 Å². The third-order valence-corrected chi connectivity index (χ3v) is 2.77. The van der Waals surface area contributed by atoms with Crippen molar-refractivity contribution in [2.75, 3.05) is 7.05 Å². The van der Waals surface area contributed by atoms with E-state index in [0.717, 1.165) is 12.0 Å². The summed E-state index contributed by atoms with van der Waals surface area (Å²) in [5.74, 6) is -0.551. The summed E-state index contributed by atoms with van der Waals surface area (Å²) >= 11 is 6.07. The first kappa shape index (κ1) is 14.8. The normalized spacial score (nSPS) is 12.2. The van der Waals surface area contributed by atoms with E-state index < -0.39 is 12.1 Å². The monoisotopic (exact) mass is 271 g/mol. The number of hydrogen-bond acceptors (Lipinski definition) is 3. The SMILES string of the molecule is CCCC(Oc1ccc(CNC)cc1Cl)C(=O)O. The molecule has 0 heterocycles. The highest BCUT2D eigenvalue weighted by Gasteiger charge is 2.19. The standard InChI is InChI=1S/C13H18ClNO3/c1-3-4-12(13(16)17)18-11-6-5-9(8-15-2)7-10(11)14/h5-7,12,15H,3-4,8H2,1-2H3,(H,16,17).